The monoisotopic (exact) mass is 533 g/mol. The minimum atomic E-state index is -0.713. The van der Waals surface area contributed by atoms with Gasteiger partial charge in [0.1, 0.15) is 5.82 Å². The molecule has 0 aliphatic carbocycles. The number of terminal acetylenes is 1. The third-order valence-corrected chi connectivity index (χ3v) is 5.75. The number of hydrogen-bond donors (Lipinski definition) is 2. The van der Waals surface area contributed by atoms with Crippen LogP contribution in [-0.4, -0.2) is 62.2 Å². The maximum atomic E-state index is 14.8. The van der Waals surface area contributed by atoms with Gasteiger partial charge in [-0.3, -0.25) is 9.59 Å². The van der Waals surface area contributed by atoms with Crippen molar-refractivity contribution in [1.29, 1.82) is 0 Å². The van der Waals surface area contributed by atoms with Crippen molar-refractivity contribution >= 4 is 41.0 Å². The summed E-state index contributed by atoms with van der Waals surface area (Å²) in [7, 11) is 5.86. The van der Waals surface area contributed by atoms with E-state index >= 15 is 0 Å². The normalized spacial score (nSPS) is 10.9. The number of nitrogens with one attached hydrogen (secondary N) is 2. The minimum absolute atomic E-state index is 0.119. The first-order chi connectivity index (χ1) is 18.2. The Morgan fingerprint density at radius 2 is 1.68 bits per heavy atom. The number of amides is 2. The van der Waals surface area contributed by atoms with Crippen molar-refractivity contribution in [2.75, 3.05) is 44.9 Å². The van der Waals surface area contributed by atoms with Crippen LogP contribution in [0.1, 0.15) is 38.3 Å². The predicted molar refractivity (Wildman–Crippen MR) is 152 cm³/mol. The van der Waals surface area contributed by atoms with Gasteiger partial charge in [-0.15, -0.1) is 6.42 Å². The Morgan fingerprint density at radius 3 is 2.34 bits per heavy atom. The smallest absolute Gasteiger partial charge is 0.258 e. The van der Waals surface area contributed by atoms with Crippen molar-refractivity contribution in [2.24, 2.45) is 5.10 Å². The van der Waals surface area contributed by atoms with E-state index in [0.717, 1.165) is 19.5 Å². The first kappa shape index (κ1) is 28.4. The first-order valence-corrected chi connectivity index (χ1v) is 12.2. The molecule has 0 unspecified atom stereocenters. The summed E-state index contributed by atoms with van der Waals surface area (Å²) in [5.41, 5.74) is 1.83. The molecule has 3 aromatic rings. The standard InChI is InChI=1S/C29H29ClFN5O2/c1-5-20-7-11-23(12-8-20)33-29(38)25-18-22(30)10-14-27(25)34-28(37)24-13-9-21(17-26(24)31)19-32-36(4)16-6-15-35(2)3/h1,7-14,17-19H,6,15-16H2,2-4H3,(H,33,38)(H,34,37). The molecule has 0 aromatic heterocycles. The summed E-state index contributed by atoms with van der Waals surface area (Å²) in [4.78, 5) is 27.9. The van der Waals surface area contributed by atoms with Gasteiger partial charge in [-0.1, -0.05) is 23.6 Å². The number of benzene rings is 3. The third kappa shape index (κ3) is 8.17. The molecular formula is C29H29ClFN5O2. The fraction of sp³-hybridized carbons (Fsp3) is 0.207. The second-order valence-corrected chi connectivity index (χ2v) is 9.28. The average Bonchev–Trinajstić information content (AvgIpc) is 2.88. The van der Waals surface area contributed by atoms with Crippen LogP contribution in [0, 0.1) is 18.2 Å². The summed E-state index contributed by atoms with van der Waals surface area (Å²) in [6, 6.07) is 15.4. The van der Waals surface area contributed by atoms with E-state index < -0.39 is 17.6 Å². The molecule has 0 fully saturated rings. The summed E-state index contributed by atoms with van der Waals surface area (Å²) in [5.74, 6) is 0.583. The van der Waals surface area contributed by atoms with Gasteiger partial charge in [-0.05, 0) is 87.2 Å². The number of halogens is 2. The molecule has 0 spiro atoms. The molecule has 0 atom stereocenters. The second-order valence-electron chi connectivity index (χ2n) is 8.84. The zero-order valence-electron chi connectivity index (χ0n) is 21.5. The maximum Gasteiger partial charge on any atom is 0.258 e. The van der Waals surface area contributed by atoms with Gasteiger partial charge in [0, 0.05) is 29.9 Å². The van der Waals surface area contributed by atoms with E-state index in [4.69, 9.17) is 18.0 Å². The van der Waals surface area contributed by atoms with Crippen molar-refractivity contribution in [2.45, 2.75) is 6.42 Å². The maximum absolute atomic E-state index is 14.8. The summed E-state index contributed by atoms with van der Waals surface area (Å²) in [5, 5.41) is 11.7. The lowest BCUT2D eigenvalue weighted by Crippen LogP contribution is -2.20. The van der Waals surface area contributed by atoms with Crippen LogP contribution in [0.3, 0.4) is 0 Å². The zero-order valence-corrected chi connectivity index (χ0v) is 22.2. The van der Waals surface area contributed by atoms with Crippen LogP contribution in [0.2, 0.25) is 5.02 Å². The van der Waals surface area contributed by atoms with Crippen LogP contribution in [0.4, 0.5) is 15.8 Å². The Hall–Kier alpha value is -4.19. The van der Waals surface area contributed by atoms with Crippen LogP contribution in [0.25, 0.3) is 0 Å². The van der Waals surface area contributed by atoms with Crippen molar-refractivity contribution in [3.63, 3.8) is 0 Å². The van der Waals surface area contributed by atoms with Gasteiger partial charge >= 0.3 is 0 Å². The fourth-order valence-corrected chi connectivity index (χ4v) is 3.66. The van der Waals surface area contributed by atoms with Gasteiger partial charge in [0.05, 0.1) is 23.0 Å². The van der Waals surface area contributed by atoms with E-state index in [0.29, 0.717) is 21.8 Å². The van der Waals surface area contributed by atoms with Crippen LogP contribution in [0.5, 0.6) is 0 Å². The summed E-state index contributed by atoms with van der Waals surface area (Å²) in [6.45, 7) is 1.69. The number of carbonyl (C=O) groups is 2. The molecule has 0 aliphatic heterocycles. The molecule has 7 nitrogen and oxygen atoms in total. The van der Waals surface area contributed by atoms with E-state index in [1.165, 1.54) is 36.5 Å². The lowest BCUT2D eigenvalue weighted by atomic mass is 10.1. The van der Waals surface area contributed by atoms with Crippen LogP contribution < -0.4 is 10.6 Å². The van der Waals surface area contributed by atoms with Crippen molar-refractivity contribution in [1.82, 2.24) is 9.91 Å². The molecule has 38 heavy (non-hydrogen) atoms. The number of hydrazone groups is 1. The lowest BCUT2D eigenvalue weighted by Gasteiger charge is -2.15. The highest BCUT2D eigenvalue weighted by molar-refractivity contribution is 6.31. The Balaban J connectivity index is 1.71. The van der Waals surface area contributed by atoms with Crippen LogP contribution >= 0.6 is 11.6 Å². The van der Waals surface area contributed by atoms with Crippen LogP contribution in [0.15, 0.2) is 65.8 Å². The largest absolute Gasteiger partial charge is 0.322 e. The summed E-state index contributed by atoms with van der Waals surface area (Å²) >= 11 is 6.10. The van der Waals surface area contributed by atoms with Gasteiger partial charge in [0.15, 0.2) is 0 Å². The Kier molecular flexibility index (Phi) is 9.99. The zero-order chi connectivity index (χ0) is 27.7. The van der Waals surface area contributed by atoms with Crippen molar-refractivity contribution < 1.29 is 14.0 Å². The molecule has 2 amide bonds. The van der Waals surface area contributed by atoms with Gasteiger partial charge in [-0.2, -0.15) is 5.10 Å². The third-order valence-electron chi connectivity index (χ3n) is 5.51. The lowest BCUT2D eigenvalue weighted by molar-refractivity contribution is 0.102. The predicted octanol–water partition coefficient (Wildman–Crippen LogP) is 5.18. The molecule has 0 radical (unpaired) electrons. The number of hydrogen-bond acceptors (Lipinski definition) is 5. The number of rotatable bonds is 10. The molecule has 2 N–H and O–H groups in total. The molecule has 0 aliphatic rings. The average molecular weight is 534 g/mol. The quantitative estimate of drug-likeness (QED) is 0.214. The molecule has 0 heterocycles. The van der Waals surface area contributed by atoms with Gasteiger partial charge in [-0.25, -0.2) is 4.39 Å². The molecule has 3 aromatic carbocycles. The second kappa shape index (κ2) is 13.4. The van der Waals surface area contributed by atoms with Gasteiger partial charge < -0.3 is 20.5 Å². The van der Waals surface area contributed by atoms with Crippen molar-refractivity contribution in [3.8, 4) is 12.3 Å². The highest BCUT2D eigenvalue weighted by Gasteiger charge is 2.18. The molecule has 0 bridgehead atoms. The number of nitrogens with zero attached hydrogens (tertiary/aromatic N) is 3. The molecule has 3 rings (SSSR count). The first-order valence-electron chi connectivity index (χ1n) is 11.8. The Labute approximate surface area is 227 Å². The summed E-state index contributed by atoms with van der Waals surface area (Å²) in [6.07, 6.45) is 7.85. The molecular weight excluding hydrogens is 505 g/mol. The fourth-order valence-electron chi connectivity index (χ4n) is 3.49. The summed E-state index contributed by atoms with van der Waals surface area (Å²) < 4.78 is 14.8. The minimum Gasteiger partial charge on any atom is -0.322 e. The van der Waals surface area contributed by atoms with E-state index in [9.17, 15) is 14.0 Å². The van der Waals surface area contributed by atoms with E-state index in [-0.39, 0.29) is 16.8 Å². The SMILES string of the molecule is C#Cc1ccc(NC(=O)c2cc(Cl)ccc2NC(=O)c2ccc(C=NN(C)CCCN(C)C)cc2F)cc1. The molecule has 196 valence electrons. The van der Waals surface area contributed by atoms with E-state index in [1.54, 1.807) is 35.3 Å². The molecule has 0 saturated carbocycles. The highest BCUT2D eigenvalue weighted by Crippen LogP contribution is 2.23. The Morgan fingerprint density at radius 1 is 0.974 bits per heavy atom. The van der Waals surface area contributed by atoms with Crippen LogP contribution in [-0.2, 0) is 0 Å². The molecule has 9 heteroatoms. The van der Waals surface area contributed by atoms with Gasteiger partial charge in [0.2, 0.25) is 0 Å². The van der Waals surface area contributed by atoms with E-state index in [1.807, 2.05) is 21.1 Å². The van der Waals surface area contributed by atoms with Crippen molar-refractivity contribution in [3.05, 3.63) is 93.8 Å². The van der Waals surface area contributed by atoms with Gasteiger partial charge in [0.25, 0.3) is 11.8 Å². The highest BCUT2D eigenvalue weighted by atomic mass is 35.5. The Bertz CT molecular complexity index is 1370. The topological polar surface area (TPSA) is 77.0 Å². The number of carbonyl (C=O) groups excluding carboxylic acids is 2. The number of anilines is 2. The molecule has 0 saturated heterocycles. The van der Waals surface area contributed by atoms with E-state index in [2.05, 4.69) is 26.6 Å².